The van der Waals surface area contributed by atoms with Crippen molar-refractivity contribution in [3.63, 3.8) is 0 Å². The Morgan fingerprint density at radius 2 is 2.00 bits per heavy atom. The van der Waals surface area contributed by atoms with Crippen LogP contribution in [0.3, 0.4) is 0 Å². The summed E-state index contributed by atoms with van der Waals surface area (Å²) < 4.78 is 0. The predicted octanol–water partition coefficient (Wildman–Crippen LogP) is 2.85. The summed E-state index contributed by atoms with van der Waals surface area (Å²) in [4.78, 5) is 12.0. The van der Waals surface area contributed by atoms with Gasteiger partial charge in [-0.05, 0) is 37.3 Å². The zero-order valence-electron chi connectivity index (χ0n) is 13.2. The van der Waals surface area contributed by atoms with Crippen LogP contribution in [0.15, 0.2) is 24.3 Å². The van der Waals surface area contributed by atoms with E-state index in [0.717, 1.165) is 18.7 Å². The van der Waals surface area contributed by atoms with Crippen molar-refractivity contribution in [1.29, 1.82) is 0 Å². The average Bonchev–Trinajstić information content (AvgIpc) is 2.40. The number of carbonyl (C=O) groups is 1. The molecule has 0 spiro atoms. The Balaban J connectivity index is 0.00000220. The molecule has 1 heterocycles. The summed E-state index contributed by atoms with van der Waals surface area (Å²) >= 11 is 0. The number of carbonyl (C=O) groups excluding carboxylic acids is 1. The standard InChI is InChI=1S/C17H26N2O.ClH/c1-13-5-7-14(8-6-13)11-16(20)19-12-15-17(2,3)9-4-10-18-15;/h5-8,15,18H,4,9-12H2,1-3H3,(H,19,20);1H. The lowest BCUT2D eigenvalue weighted by atomic mass is 9.77. The van der Waals surface area contributed by atoms with Crippen molar-refractivity contribution in [1.82, 2.24) is 10.6 Å². The van der Waals surface area contributed by atoms with Crippen molar-refractivity contribution in [2.45, 2.75) is 46.1 Å². The number of hydrogen-bond acceptors (Lipinski definition) is 2. The molecule has 1 aromatic carbocycles. The first-order valence-corrected chi connectivity index (χ1v) is 7.53. The molecule has 0 aliphatic carbocycles. The first-order valence-electron chi connectivity index (χ1n) is 7.53. The van der Waals surface area contributed by atoms with E-state index in [1.807, 2.05) is 12.1 Å². The fourth-order valence-corrected chi connectivity index (χ4v) is 2.79. The van der Waals surface area contributed by atoms with Gasteiger partial charge in [0, 0.05) is 12.6 Å². The molecular weight excluding hydrogens is 284 g/mol. The second kappa shape index (κ2) is 7.81. The van der Waals surface area contributed by atoms with Crippen LogP contribution in [-0.4, -0.2) is 25.0 Å². The van der Waals surface area contributed by atoms with Crippen LogP contribution in [-0.2, 0) is 11.2 Å². The Kier molecular flexibility index (Phi) is 6.69. The number of hydrogen-bond donors (Lipinski definition) is 2. The molecule has 0 saturated carbocycles. The Bertz CT molecular complexity index is 456. The molecule has 1 aliphatic rings. The molecule has 1 fully saturated rings. The van der Waals surface area contributed by atoms with Gasteiger partial charge in [0.25, 0.3) is 0 Å². The molecule has 0 aromatic heterocycles. The molecule has 0 bridgehead atoms. The largest absolute Gasteiger partial charge is 0.354 e. The lowest BCUT2D eigenvalue weighted by Crippen LogP contribution is -2.52. The fraction of sp³-hybridized carbons (Fsp3) is 0.588. The third-order valence-corrected chi connectivity index (χ3v) is 4.32. The highest BCUT2D eigenvalue weighted by Crippen LogP contribution is 2.29. The number of nitrogens with one attached hydrogen (secondary N) is 2. The number of rotatable bonds is 4. The Morgan fingerprint density at radius 3 is 2.62 bits per heavy atom. The third kappa shape index (κ3) is 5.33. The van der Waals surface area contributed by atoms with Crippen molar-refractivity contribution >= 4 is 18.3 Å². The van der Waals surface area contributed by atoms with E-state index >= 15 is 0 Å². The molecule has 3 nitrogen and oxygen atoms in total. The average molecular weight is 311 g/mol. The van der Waals surface area contributed by atoms with Gasteiger partial charge < -0.3 is 10.6 Å². The van der Waals surface area contributed by atoms with Gasteiger partial charge in [-0.2, -0.15) is 0 Å². The second-order valence-corrected chi connectivity index (χ2v) is 6.57. The van der Waals surface area contributed by atoms with Gasteiger partial charge in [-0.15, -0.1) is 12.4 Å². The van der Waals surface area contributed by atoms with Crippen LogP contribution in [0.4, 0.5) is 0 Å². The van der Waals surface area contributed by atoms with Gasteiger partial charge in [-0.3, -0.25) is 4.79 Å². The molecule has 1 saturated heterocycles. The summed E-state index contributed by atoms with van der Waals surface area (Å²) in [5, 5.41) is 6.59. The van der Waals surface area contributed by atoms with Crippen LogP contribution < -0.4 is 10.6 Å². The summed E-state index contributed by atoms with van der Waals surface area (Å²) in [5.41, 5.74) is 2.56. The van der Waals surface area contributed by atoms with Crippen LogP contribution in [0, 0.1) is 12.3 Å². The van der Waals surface area contributed by atoms with Gasteiger partial charge in [0.2, 0.25) is 5.91 Å². The van der Waals surface area contributed by atoms with E-state index in [9.17, 15) is 4.79 Å². The molecule has 118 valence electrons. The highest BCUT2D eigenvalue weighted by molar-refractivity contribution is 5.85. The van der Waals surface area contributed by atoms with Crippen LogP contribution in [0.1, 0.15) is 37.8 Å². The number of halogens is 1. The molecule has 2 N–H and O–H groups in total. The molecule has 21 heavy (non-hydrogen) atoms. The smallest absolute Gasteiger partial charge is 0.224 e. The van der Waals surface area contributed by atoms with Gasteiger partial charge in [-0.25, -0.2) is 0 Å². The maximum Gasteiger partial charge on any atom is 0.224 e. The maximum atomic E-state index is 12.0. The SMILES string of the molecule is Cc1ccc(CC(=O)NCC2NCCCC2(C)C)cc1.Cl. The Hall–Kier alpha value is -1.06. The van der Waals surface area contributed by atoms with Gasteiger partial charge in [0.15, 0.2) is 0 Å². The summed E-state index contributed by atoms with van der Waals surface area (Å²) in [7, 11) is 0. The minimum absolute atomic E-state index is 0. The molecule has 1 aromatic rings. The lowest BCUT2D eigenvalue weighted by molar-refractivity contribution is -0.120. The maximum absolute atomic E-state index is 12.0. The van der Waals surface area contributed by atoms with Crippen molar-refractivity contribution < 1.29 is 4.79 Å². The number of piperidine rings is 1. The van der Waals surface area contributed by atoms with Crippen molar-refractivity contribution in [3.05, 3.63) is 35.4 Å². The molecule has 0 radical (unpaired) electrons. The molecule has 1 amide bonds. The van der Waals surface area contributed by atoms with Crippen molar-refractivity contribution in [2.24, 2.45) is 5.41 Å². The van der Waals surface area contributed by atoms with E-state index in [0.29, 0.717) is 12.5 Å². The number of aryl methyl sites for hydroxylation is 1. The third-order valence-electron chi connectivity index (χ3n) is 4.32. The molecule has 1 aliphatic heterocycles. The van der Waals surface area contributed by atoms with Crippen LogP contribution in [0.2, 0.25) is 0 Å². The Morgan fingerprint density at radius 1 is 1.33 bits per heavy atom. The molecule has 2 rings (SSSR count). The van der Waals surface area contributed by atoms with Gasteiger partial charge in [-0.1, -0.05) is 43.7 Å². The fourth-order valence-electron chi connectivity index (χ4n) is 2.79. The lowest BCUT2D eigenvalue weighted by Gasteiger charge is -2.39. The topological polar surface area (TPSA) is 41.1 Å². The molecular formula is C17H27ClN2O. The van der Waals surface area contributed by atoms with E-state index in [1.165, 1.54) is 18.4 Å². The zero-order chi connectivity index (χ0) is 14.6. The van der Waals surface area contributed by atoms with Crippen LogP contribution >= 0.6 is 12.4 Å². The second-order valence-electron chi connectivity index (χ2n) is 6.57. The molecule has 4 heteroatoms. The molecule has 1 unspecified atom stereocenters. The van der Waals surface area contributed by atoms with Crippen molar-refractivity contribution in [3.8, 4) is 0 Å². The van der Waals surface area contributed by atoms with Gasteiger partial charge in [0.05, 0.1) is 6.42 Å². The highest BCUT2D eigenvalue weighted by atomic mass is 35.5. The van der Waals surface area contributed by atoms with E-state index in [4.69, 9.17) is 0 Å². The first kappa shape index (κ1) is 18.0. The van der Waals surface area contributed by atoms with E-state index < -0.39 is 0 Å². The minimum Gasteiger partial charge on any atom is -0.354 e. The number of amides is 1. The Labute approximate surface area is 134 Å². The number of benzene rings is 1. The quantitative estimate of drug-likeness (QED) is 0.898. The summed E-state index contributed by atoms with van der Waals surface area (Å²) in [6, 6.07) is 8.52. The van der Waals surface area contributed by atoms with Gasteiger partial charge in [0.1, 0.15) is 0 Å². The van der Waals surface area contributed by atoms with Crippen molar-refractivity contribution in [2.75, 3.05) is 13.1 Å². The normalized spacial score (nSPS) is 20.4. The molecule has 1 atom stereocenters. The van der Waals surface area contributed by atoms with E-state index in [-0.39, 0.29) is 23.7 Å². The van der Waals surface area contributed by atoms with E-state index in [2.05, 4.69) is 43.5 Å². The van der Waals surface area contributed by atoms with Crippen LogP contribution in [0.25, 0.3) is 0 Å². The van der Waals surface area contributed by atoms with E-state index in [1.54, 1.807) is 0 Å². The monoisotopic (exact) mass is 310 g/mol. The zero-order valence-corrected chi connectivity index (χ0v) is 14.1. The van der Waals surface area contributed by atoms with Crippen LogP contribution in [0.5, 0.6) is 0 Å². The first-order chi connectivity index (χ1) is 9.47. The predicted molar refractivity (Wildman–Crippen MR) is 89.9 cm³/mol. The minimum atomic E-state index is 0. The summed E-state index contributed by atoms with van der Waals surface area (Å²) in [6.45, 7) is 8.38. The summed E-state index contributed by atoms with van der Waals surface area (Å²) in [5.74, 6) is 0.108. The summed E-state index contributed by atoms with van der Waals surface area (Å²) in [6.07, 6.45) is 2.91. The highest BCUT2D eigenvalue weighted by Gasteiger charge is 2.31. The van der Waals surface area contributed by atoms with Gasteiger partial charge >= 0.3 is 0 Å².